The number of carboxylic acid groups (broad SMARTS) is 1. The Labute approximate surface area is 97.1 Å². The van der Waals surface area contributed by atoms with Crippen LogP contribution in [0.15, 0.2) is 36.8 Å². The van der Waals surface area contributed by atoms with E-state index in [4.69, 9.17) is 16.7 Å². The van der Waals surface area contributed by atoms with Gasteiger partial charge in [0.15, 0.2) is 0 Å². The number of aromatic nitrogens is 2. The molecule has 0 bridgehead atoms. The smallest absolute Gasteiger partial charge is 0.323 e. The lowest BCUT2D eigenvalue weighted by Crippen LogP contribution is -2.08. The van der Waals surface area contributed by atoms with Crippen LogP contribution in [0.2, 0.25) is 5.02 Å². The van der Waals surface area contributed by atoms with Crippen LogP contribution >= 0.6 is 11.6 Å². The van der Waals surface area contributed by atoms with Gasteiger partial charge in [0.05, 0.1) is 18.2 Å². The van der Waals surface area contributed by atoms with Crippen molar-refractivity contribution in [3.8, 4) is 11.3 Å². The van der Waals surface area contributed by atoms with Crippen molar-refractivity contribution >= 4 is 17.6 Å². The van der Waals surface area contributed by atoms with Crippen LogP contribution in [0.4, 0.5) is 0 Å². The van der Waals surface area contributed by atoms with E-state index >= 15 is 0 Å². The molecule has 0 spiro atoms. The van der Waals surface area contributed by atoms with Crippen molar-refractivity contribution in [3.63, 3.8) is 0 Å². The monoisotopic (exact) mass is 236 g/mol. The Morgan fingerprint density at radius 1 is 1.44 bits per heavy atom. The van der Waals surface area contributed by atoms with Crippen molar-refractivity contribution in [1.29, 1.82) is 0 Å². The number of nitrogens with zero attached hydrogens (tertiary/aromatic N) is 2. The normalized spacial score (nSPS) is 10.3. The Bertz CT molecular complexity index is 522. The molecule has 4 nitrogen and oxygen atoms in total. The van der Waals surface area contributed by atoms with E-state index in [0.717, 1.165) is 5.56 Å². The first-order valence-corrected chi connectivity index (χ1v) is 5.03. The van der Waals surface area contributed by atoms with Crippen LogP contribution in [0.5, 0.6) is 0 Å². The van der Waals surface area contributed by atoms with E-state index in [2.05, 4.69) is 4.98 Å². The molecule has 1 aromatic heterocycles. The van der Waals surface area contributed by atoms with E-state index in [9.17, 15) is 4.79 Å². The minimum absolute atomic E-state index is 0.124. The number of carboxylic acids is 1. The number of hydrogen-bond acceptors (Lipinski definition) is 2. The van der Waals surface area contributed by atoms with Gasteiger partial charge in [-0.15, -0.1) is 0 Å². The van der Waals surface area contributed by atoms with Crippen LogP contribution in [-0.2, 0) is 11.3 Å². The molecule has 2 rings (SSSR count). The molecule has 0 saturated heterocycles. The van der Waals surface area contributed by atoms with Crippen LogP contribution in [0.25, 0.3) is 11.3 Å². The maximum atomic E-state index is 10.7. The molecule has 0 aliphatic heterocycles. The molecule has 1 aromatic carbocycles. The molecule has 16 heavy (non-hydrogen) atoms. The minimum Gasteiger partial charge on any atom is -0.480 e. The van der Waals surface area contributed by atoms with Gasteiger partial charge in [0.2, 0.25) is 0 Å². The maximum Gasteiger partial charge on any atom is 0.323 e. The van der Waals surface area contributed by atoms with E-state index in [1.165, 1.54) is 6.33 Å². The summed E-state index contributed by atoms with van der Waals surface area (Å²) in [5, 5.41) is 9.32. The van der Waals surface area contributed by atoms with Crippen LogP contribution in [0.1, 0.15) is 0 Å². The summed E-state index contributed by atoms with van der Waals surface area (Å²) in [6.07, 6.45) is 3.08. The molecular weight excluding hydrogens is 228 g/mol. The molecule has 82 valence electrons. The highest BCUT2D eigenvalue weighted by atomic mass is 35.5. The van der Waals surface area contributed by atoms with Gasteiger partial charge in [0, 0.05) is 10.6 Å². The van der Waals surface area contributed by atoms with Gasteiger partial charge in [-0.25, -0.2) is 4.98 Å². The van der Waals surface area contributed by atoms with Gasteiger partial charge in [-0.1, -0.05) is 29.8 Å². The van der Waals surface area contributed by atoms with E-state index in [1.54, 1.807) is 16.8 Å². The van der Waals surface area contributed by atoms with Gasteiger partial charge in [0.1, 0.15) is 6.54 Å². The quantitative estimate of drug-likeness (QED) is 0.890. The fourth-order valence-corrected chi connectivity index (χ4v) is 1.72. The summed E-state index contributed by atoms with van der Waals surface area (Å²) in [5.74, 6) is -0.911. The Balaban J connectivity index is 2.45. The van der Waals surface area contributed by atoms with Crippen molar-refractivity contribution in [2.45, 2.75) is 6.54 Å². The first kappa shape index (κ1) is 10.7. The third-order valence-corrected chi connectivity index (χ3v) is 2.50. The summed E-state index contributed by atoms with van der Waals surface area (Å²) in [7, 11) is 0. The van der Waals surface area contributed by atoms with Gasteiger partial charge in [-0.3, -0.25) is 4.79 Å². The molecule has 5 heteroatoms. The SMILES string of the molecule is O=C(O)Cn1cncc1-c1ccccc1Cl. The third kappa shape index (κ3) is 2.06. The average Bonchev–Trinajstić information content (AvgIpc) is 2.66. The highest BCUT2D eigenvalue weighted by Crippen LogP contribution is 2.26. The molecule has 0 aliphatic carbocycles. The molecule has 0 saturated carbocycles. The lowest BCUT2D eigenvalue weighted by molar-refractivity contribution is -0.137. The largest absolute Gasteiger partial charge is 0.480 e. The van der Waals surface area contributed by atoms with Gasteiger partial charge in [-0.05, 0) is 6.07 Å². The second-order valence-corrected chi connectivity index (χ2v) is 3.69. The first-order chi connectivity index (χ1) is 7.68. The van der Waals surface area contributed by atoms with Crippen molar-refractivity contribution in [2.75, 3.05) is 0 Å². The van der Waals surface area contributed by atoms with Crippen LogP contribution < -0.4 is 0 Å². The fourth-order valence-electron chi connectivity index (χ4n) is 1.49. The van der Waals surface area contributed by atoms with Gasteiger partial charge < -0.3 is 9.67 Å². The molecule has 0 aliphatic rings. The summed E-state index contributed by atoms with van der Waals surface area (Å²) in [6.45, 7) is -0.124. The molecule has 0 atom stereocenters. The lowest BCUT2D eigenvalue weighted by Gasteiger charge is -2.06. The molecular formula is C11H9ClN2O2. The number of benzene rings is 1. The first-order valence-electron chi connectivity index (χ1n) is 4.65. The zero-order chi connectivity index (χ0) is 11.5. The summed E-state index contributed by atoms with van der Waals surface area (Å²) in [5.41, 5.74) is 1.48. The molecule has 0 amide bonds. The number of rotatable bonds is 3. The Morgan fingerprint density at radius 2 is 2.19 bits per heavy atom. The molecule has 0 fully saturated rings. The second-order valence-electron chi connectivity index (χ2n) is 3.28. The van der Waals surface area contributed by atoms with Crippen LogP contribution in [0.3, 0.4) is 0 Å². The second kappa shape index (κ2) is 4.37. The summed E-state index contributed by atoms with van der Waals surface area (Å²) in [6, 6.07) is 7.26. The fraction of sp³-hybridized carbons (Fsp3) is 0.0909. The Morgan fingerprint density at radius 3 is 2.88 bits per heavy atom. The number of carbonyl (C=O) groups is 1. The van der Waals surface area contributed by atoms with Gasteiger partial charge in [0.25, 0.3) is 0 Å². The zero-order valence-corrected chi connectivity index (χ0v) is 9.05. The van der Waals surface area contributed by atoms with E-state index in [1.807, 2.05) is 18.2 Å². The summed E-state index contributed by atoms with van der Waals surface area (Å²) >= 11 is 6.04. The highest BCUT2D eigenvalue weighted by Gasteiger charge is 2.10. The number of halogens is 1. The number of imidazole rings is 1. The highest BCUT2D eigenvalue weighted by molar-refractivity contribution is 6.33. The number of hydrogen-bond donors (Lipinski definition) is 1. The molecule has 0 radical (unpaired) electrons. The lowest BCUT2D eigenvalue weighted by atomic mass is 10.1. The summed E-state index contributed by atoms with van der Waals surface area (Å²) < 4.78 is 1.55. The van der Waals surface area contributed by atoms with Crippen molar-refractivity contribution in [3.05, 3.63) is 41.8 Å². The Kier molecular flexibility index (Phi) is 2.92. The predicted octanol–water partition coefficient (Wildman–Crippen LogP) is 2.29. The van der Waals surface area contributed by atoms with Crippen molar-refractivity contribution in [2.24, 2.45) is 0 Å². The Hall–Kier alpha value is -1.81. The molecule has 1 N–H and O–H groups in total. The van der Waals surface area contributed by atoms with Gasteiger partial charge >= 0.3 is 5.97 Å². The van der Waals surface area contributed by atoms with Gasteiger partial charge in [-0.2, -0.15) is 0 Å². The molecule has 2 aromatic rings. The standard InChI is InChI=1S/C11H9ClN2O2/c12-9-4-2-1-3-8(9)10-5-13-7-14(10)6-11(15)16/h1-5,7H,6H2,(H,15,16). The van der Waals surface area contributed by atoms with Crippen LogP contribution in [-0.4, -0.2) is 20.6 Å². The van der Waals surface area contributed by atoms with Crippen LogP contribution in [0, 0.1) is 0 Å². The molecule has 0 unspecified atom stereocenters. The van der Waals surface area contributed by atoms with Crippen molar-refractivity contribution in [1.82, 2.24) is 9.55 Å². The predicted molar refractivity (Wildman–Crippen MR) is 60.3 cm³/mol. The maximum absolute atomic E-state index is 10.7. The van der Waals surface area contributed by atoms with E-state index < -0.39 is 5.97 Å². The third-order valence-electron chi connectivity index (χ3n) is 2.17. The van der Waals surface area contributed by atoms with Crippen molar-refractivity contribution < 1.29 is 9.90 Å². The van der Waals surface area contributed by atoms with E-state index in [-0.39, 0.29) is 6.54 Å². The zero-order valence-electron chi connectivity index (χ0n) is 8.30. The average molecular weight is 237 g/mol. The minimum atomic E-state index is -0.911. The number of aliphatic carboxylic acids is 1. The topological polar surface area (TPSA) is 55.1 Å². The van der Waals surface area contributed by atoms with E-state index in [0.29, 0.717) is 10.7 Å². The summed E-state index contributed by atoms with van der Waals surface area (Å²) in [4.78, 5) is 14.6. The molecule has 1 heterocycles.